The van der Waals surface area contributed by atoms with Crippen LogP contribution in [-0.2, 0) is 6.54 Å². The van der Waals surface area contributed by atoms with Gasteiger partial charge >= 0.3 is 0 Å². The zero-order valence-electron chi connectivity index (χ0n) is 10.9. The van der Waals surface area contributed by atoms with Crippen molar-refractivity contribution < 1.29 is 8.81 Å². The van der Waals surface area contributed by atoms with Gasteiger partial charge in [0.25, 0.3) is 0 Å². The first kappa shape index (κ1) is 13.6. The fourth-order valence-corrected chi connectivity index (χ4v) is 1.92. The summed E-state index contributed by atoms with van der Waals surface area (Å²) in [5.41, 5.74) is 1.45. The fraction of sp³-hybridized carbons (Fsp3) is 0.0667. The molecule has 3 aromatic rings. The molecule has 0 unspecified atom stereocenters. The maximum atomic E-state index is 13.3. The normalized spacial score (nSPS) is 10.6. The van der Waals surface area contributed by atoms with E-state index in [9.17, 15) is 4.39 Å². The number of nitrogens with one attached hydrogen (secondary N) is 1. The highest BCUT2D eigenvalue weighted by molar-refractivity contribution is 6.30. The molecule has 0 aliphatic heterocycles. The number of halogens is 2. The van der Waals surface area contributed by atoms with E-state index in [0.717, 1.165) is 5.56 Å². The smallest absolute Gasteiger partial charge is 0.247 e. The second kappa shape index (κ2) is 5.93. The van der Waals surface area contributed by atoms with Gasteiger partial charge in [0.2, 0.25) is 11.8 Å². The minimum absolute atomic E-state index is 0.0877. The maximum Gasteiger partial charge on any atom is 0.247 e. The van der Waals surface area contributed by atoms with Crippen molar-refractivity contribution >= 4 is 17.3 Å². The fourth-order valence-electron chi connectivity index (χ4n) is 1.81. The van der Waals surface area contributed by atoms with Gasteiger partial charge in [-0.2, -0.15) is 0 Å². The van der Waals surface area contributed by atoms with Crippen LogP contribution < -0.4 is 5.32 Å². The lowest BCUT2D eigenvalue weighted by molar-refractivity contribution is 0.515. The van der Waals surface area contributed by atoms with E-state index in [1.165, 1.54) is 12.1 Å². The number of aromatic nitrogens is 2. The van der Waals surface area contributed by atoms with Gasteiger partial charge < -0.3 is 9.73 Å². The Morgan fingerprint density at radius 3 is 2.67 bits per heavy atom. The summed E-state index contributed by atoms with van der Waals surface area (Å²) in [5, 5.41) is 11.0. The third-order valence-corrected chi connectivity index (χ3v) is 3.16. The molecule has 0 amide bonds. The van der Waals surface area contributed by atoms with Crippen LogP contribution in [0.4, 0.5) is 10.1 Å². The molecule has 3 rings (SSSR count). The molecule has 0 radical (unpaired) electrons. The Bertz CT molecular complexity index is 746. The minimum atomic E-state index is -0.475. The molecule has 2 aromatic carbocycles. The lowest BCUT2D eigenvalue weighted by Gasteiger charge is -2.03. The Morgan fingerprint density at radius 2 is 1.90 bits per heavy atom. The Morgan fingerprint density at radius 1 is 1.10 bits per heavy atom. The van der Waals surface area contributed by atoms with E-state index in [1.54, 1.807) is 6.07 Å². The van der Waals surface area contributed by atoms with Crippen molar-refractivity contribution in [1.29, 1.82) is 0 Å². The van der Waals surface area contributed by atoms with Crippen LogP contribution in [-0.4, -0.2) is 10.2 Å². The van der Waals surface area contributed by atoms with Gasteiger partial charge in [0.1, 0.15) is 5.82 Å². The Labute approximate surface area is 125 Å². The van der Waals surface area contributed by atoms with Gasteiger partial charge in [-0.05, 0) is 30.3 Å². The van der Waals surface area contributed by atoms with Crippen molar-refractivity contribution in [3.05, 3.63) is 65.3 Å². The summed E-state index contributed by atoms with van der Waals surface area (Å²) in [6.07, 6.45) is 0. The number of hydrogen-bond donors (Lipinski definition) is 1. The van der Waals surface area contributed by atoms with Crippen molar-refractivity contribution in [2.45, 2.75) is 6.54 Å². The summed E-state index contributed by atoms with van der Waals surface area (Å²) in [4.78, 5) is 0. The predicted molar refractivity (Wildman–Crippen MR) is 78.5 cm³/mol. The molecule has 4 nitrogen and oxygen atoms in total. The summed E-state index contributed by atoms with van der Waals surface area (Å²) in [6, 6.07) is 14.0. The van der Waals surface area contributed by atoms with Crippen LogP contribution >= 0.6 is 11.6 Å². The van der Waals surface area contributed by atoms with Crippen molar-refractivity contribution in [2.24, 2.45) is 0 Å². The van der Waals surface area contributed by atoms with Gasteiger partial charge in [-0.25, -0.2) is 4.39 Å². The van der Waals surface area contributed by atoms with Gasteiger partial charge in [0.15, 0.2) is 0 Å². The lowest BCUT2D eigenvalue weighted by atomic mass is 10.2. The van der Waals surface area contributed by atoms with Gasteiger partial charge in [0.05, 0.1) is 11.6 Å². The quantitative estimate of drug-likeness (QED) is 0.787. The summed E-state index contributed by atoms with van der Waals surface area (Å²) >= 11 is 5.63. The van der Waals surface area contributed by atoms with Crippen LogP contribution in [0.15, 0.2) is 52.9 Å². The summed E-state index contributed by atoms with van der Waals surface area (Å²) in [6.45, 7) is 0.306. The second-order valence-electron chi connectivity index (χ2n) is 4.35. The molecule has 6 heteroatoms. The Hall–Kier alpha value is -2.40. The summed E-state index contributed by atoms with van der Waals surface area (Å²) in [5.74, 6) is 0.399. The molecule has 106 valence electrons. The molecule has 1 N–H and O–H groups in total. The molecule has 0 saturated heterocycles. The average molecular weight is 304 g/mol. The topological polar surface area (TPSA) is 51.0 Å². The summed E-state index contributed by atoms with van der Waals surface area (Å²) < 4.78 is 18.8. The van der Waals surface area contributed by atoms with E-state index in [1.807, 2.05) is 30.3 Å². The first-order valence-electron chi connectivity index (χ1n) is 6.29. The number of hydrogen-bond acceptors (Lipinski definition) is 4. The average Bonchev–Trinajstić information content (AvgIpc) is 2.98. The summed E-state index contributed by atoms with van der Waals surface area (Å²) in [7, 11) is 0. The number of benzene rings is 2. The van der Waals surface area contributed by atoms with Crippen molar-refractivity contribution in [3.8, 4) is 11.5 Å². The van der Waals surface area contributed by atoms with Crippen molar-refractivity contribution in [1.82, 2.24) is 10.2 Å². The van der Waals surface area contributed by atoms with Crippen LogP contribution in [0.25, 0.3) is 11.5 Å². The largest absolute Gasteiger partial charge is 0.419 e. The van der Waals surface area contributed by atoms with E-state index in [-0.39, 0.29) is 5.02 Å². The zero-order valence-corrected chi connectivity index (χ0v) is 11.6. The minimum Gasteiger partial charge on any atom is -0.419 e. The third-order valence-electron chi connectivity index (χ3n) is 2.85. The first-order chi connectivity index (χ1) is 10.2. The highest BCUT2D eigenvalue weighted by atomic mass is 35.5. The van der Waals surface area contributed by atoms with E-state index in [2.05, 4.69) is 15.5 Å². The van der Waals surface area contributed by atoms with Gasteiger partial charge in [0, 0.05) is 11.3 Å². The number of rotatable bonds is 4. The highest BCUT2D eigenvalue weighted by Crippen LogP contribution is 2.20. The third kappa shape index (κ3) is 3.20. The van der Waals surface area contributed by atoms with Crippen molar-refractivity contribution in [3.63, 3.8) is 0 Å². The lowest BCUT2D eigenvalue weighted by Crippen LogP contribution is -2.00. The molecule has 0 saturated carbocycles. The molecular formula is C15H11ClFN3O. The molecule has 0 aliphatic carbocycles. The highest BCUT2D eigenvalue weighted by Gasteiger charge is 2.08. The predicted octanol–water partition coefficient (Wildman–Crippen LogP) is 4.14. The standard InChI is InChI=1S/C15H11ClFN3O/c16-12-7-6-11(8-13(12)17)18-9-14-19-20-15(21-14)10-4-2-1-3-5-10/h1-8,18H,9H2. The maximum absolute atomic E-state index is 13.3. The van der Waals surface area contributed by atoms with Crippen LogP contribution in [0.1, 0.15) is 5.89 Å². The molecule has 1 heterocycles. The molecule has 0 fully saturated rings. The zero-order chi connectivity index (χ0) is 14.7. The SMILES string of the molecule is Fc1cc(NCc2nnc(-c3ccccc3)o2)ccc1Cl. The van der Waals surface area contributed by atoms with E-state index in [4.69, 9.17) is 16.0 Å². The molecule has 1 aromatic heterocycles. The number of nitrogens with zero attached hydrogens (tertiary/aromatic N) is 2. The van der Waals surface area contributed by atoms with E-state index >= 15 is 0 Å². The molecule has 0 aliphatic rings. The van der Waals surface area contributed by atoms with Crippen molar-refractivity contribution in [2.75, 3.05) is 5.32 Å². The van der Waals surface area contributed by atoms with Crippen LogP contribution in [0.3, 0.4) is 0 Å². The molecule has 0 spiro atoms. The van der Waals surface area contributed by atoms with Crippen LogP contribution in [0, 0.1) is 5.82 Å². The molecule has 0 atom stereocenters. The number of anilines is 1. The van der Waals surface area contributed by atoms with Gasteiger partial charge in [-0.1, -0.05) is 29.8 Å². The van der Waals surface area contributed by atoms with Crippen LogP contribution in [0.5, 0.6) is 0 Å². The first-order valence-corrected chi connectivity index (χ1v) is 6.67. The van der Waals surface area contributed by atoms with Crippen LogP contribution in [0.2, 0.25) is 5.02 Å². The van der Waals surface area contributed by atoms with Gasteiger partial charge in [-0.3, -0.25) is 0 Å². The van der Waals surface area contributed by atoms with E-state index < -0.39 is 5.82 Å². The molecular weight excluding hydrogens is 293 g/mol. The second-order valence-corrected chi connectivity index (χ2v) is 4.76. The van der Waals surface area contributed by atoms with Gasteiger partial charge in [-0.15, -0.1) is 10.2 Å². The monoisotopic (exact) mass is 303 g/mol. The Kier molecular flexibility index (Phi) is 3.83. The molecule has 21 heavy (non-hydrogen) atoms. The molecule has 0 bridgehead atoms. The van der Waals surface area contributed by atoms with E-state index in [0.29, 0.717) is 24.0 Å². The Balaban J connectivity index is 1.69.